The summed E-state index contributed by atoms with van der Waals surface area (Å²) < 4.78 is 0. The number of unbranched alkanes of at least 4 members (excludes halogenated alkanes) is 2. The number of halogens is 1. The van der Waals surface area contributed by atoms with E-state index in [1.807, 2.05) is 0 Å². The molecule has 0 fully saturated rings. The molecule has 0 aromatic heterocycles. The standard InChI is InChI=1S/C33H39BrNP/c1-3-5-26-35(27-6-4-2)30-24-22-29(23-25-30)28-36(34,31-16-10-7-11-17-31,32-18-12-8-13-19-32)33-20-14-9-15-21-33/h7-25H,3-6,26-28H2,1-2H3. The SMILES string of the molecule is CCCCN(CCCC)c1ccc(CP(Br)(c2ccccc2)(c2ccccc2)c2ccccc2)cc1. The van der Waals surface area contributed by atoms with Gasteiger partial charge in [0.15, 0.2) is 0 Å². The Labute approximate surface area is 226 Å². The van der Waals surface area contributed by atoms with Crippen molar-refractivity contribution < 1.29 is 0 Å². The summed E-state index contributed by atoms with van der Waals surface area (Å²) in [6.45, 7) is 6.81. The van der Waals surface area contributed by atoms with Gasteiger partial charge in [0.05, 0.1) is 0 Å². The van der Waals surface area contributed by atoms with Gasteiger partial charge in [-0.15, -0.1) is 0 Å². The van der Waals surface area contributed by atoms with E-state index in [9.17, 15) is 0 Å². The first-order valence-corrected chi connectivity index (χ1v) is 17.8. The Hall–Kier alpha value is -2.41. The van der Waals surface area contributed by atoms with Gasteiger partial charge in [0.25, 0.3) is 0 Å². The normalized spacial score (nSPS) is 12.6. The summed E-state index contributed by atoms with van der Waals surface area (Å²) in [4.78, 5) is 2.57. The van der Waals surface area contributed by atoms with Crippen molar-refractivity contribution >= 4 is 42.4 Å². The molecule has 0 N–H and O–H groups in total. The number of hydrogen-bond donors (Lipinski definition) is 0. The van der Waals surface area contributed by atoms with Gasteiger partial charge in [-0.25, -0.2) is 0 Å². The molecular weight excluding hydrogens is 521 g/mol. The zero-order valence-corrected chi connectivity index (χ0v) is 24.2. The van der Waals surface area contributed by atoms with Crippen molar-refractivity contribution in [3.8, 4) is 0 Å². The Kier molecular flexibility index (Phi) is 9.04. The summed E-state index contributed by atoms with van der Waals surface area (Å²) in [5.41, 5.74) is 2.70. The van der Waals surface area contributed by atoms with Crippen molar-refractivity contribution in [2.45, 2.75) is 45.7 Å². The molecule has 0 aliphatic heterocycles. The molecular formula is C33H39BrNP. The Morgan fingerprint density at radius 3 is 1.31 bits per heavy atom. The van der Waals surface area contributed by atoms with Crippen LogP contribution in [0.3, 0.4) is 0 Å². The van der Waals surface area contributed by atoms with Gasteiger partial charge in [0.1, 0.15) is 0 Å². The van der Waals surface area contributed by atoms with Crippen LogP contribution in [0.15, 0.2) is 115 Å². The molecule has 188 valence electrons. The van der Waals surface area contributed by atoms with Crippen LogP contribution in [-0.2, 0) is 6.16 Å². The van der Waals surface area contributed by atoms with Gasteiger partial charge < -0.3 is 0 Å². The predicted molar refractivity (Wildman–Crippen MR) is 166 cm³/mol. The molecule has 0 unspecified atom stereocenters. The minimum absolute atomic E-state index is 0.924. The van der Waals surface area contributed by atoms with Crippen LogP contribution in [0.2, 0.25) is 0 Å². The first-order chi connectivity index (χ1) is 17.6. The molecule has 0 aliphatic carbocycles. The Bertz CT molecular complexity index is 1090. The second-order valence-corrected chi connectivity index (χ2v) is 18.6. The summed E-state index contributed by atoms with van der Waals surface area (Å²) in [7, 11) is 0. The molecule has 0 aliphatic rings. The molecule has 3 heteroatoms. The molecule has 0 spiro atoms. The molecule has 0 heterocycles. The zero-order valence-electron chi connectivity index (χ0n) is 21.7. The molecule has 0 atom stereocenters. The summed E-state index contributed by atoms with van der Waals surface area (Å²) >= 11 is 4.59. The van der Waals surface area contributed by atoms with E-state index in [1.165, 1.54) is 52.8 Å². The van der Waals surface area contributed by atoms with Crippen molar-refractivity contribution in [3.63, 3.8) is 0 Å². The van der Waals surface area contributed by atoms with Crippen LogP contribution in [0.25, 0.3) is 0 Å². The molecule has 0 saturated carbocycles. The average Bonchev–Trinajstić information content (AvgIpc) is 2.95. The third-order valence-corrected chi connectivity index (χ3v) is 16.7. The van der Waals surface area contributed by atoms with E-state index in [2.05, 4.69) is 149 Å². The Morgan fingerprint density at radius 2 is 0.944 bits per heavy atom. The van der Waals surface area contributed by atoms with E-state index in [1.54, 1.807) is 0 Å². The molecule has 4 aromatic carbocycles. The number of anilines is 1. The maximum atomic E-state index is 4.59. The van der Waals surface area contributed by atoms with E-state index in [0.717, 1.165) is 19.3 Å². The van der Waals surface area contributed by atoms with Crippen LogP contribution >= 0.6 is 20.8 Å². The summed E-state index contributed by atoms with van der Waals surface area (Å²) in [6.07, 6.45) is 5.85. The molecule has 0 amide bonds. The van der Waals surface area contributed by atoms with Gasteiger partial charge in [0.2, 0.25) is 0 Å². The number of benzene rings is 4. The number of rotatable bonds is 12. The fourth-order valence-electron chi connectivity index (χ4n) is 5.16. The van der Waals surface area contributed by atoms with E-state index in [4.69, 9.17) is 0 Å². The second-order valence-electron chi connectivity index (χ2n) is 9.71. The first-order valence-electron chi connectivity index (χ1n) is 13.3. The van der Waals surface area contributed by atoms with Gasteiger partial charge in [-0.2, -0.15) is 0 Å². The Morgan fingerprint density at radius 1 is 0.556 bits per heavy atom. The number of hydrogen-bond acceptors (Lipinski definition) is 1. The van der Waals surface area contributed by atoms with E-state index < -0.39 is 5.31 Å². The summed E-state index contributed by atoms with van der Waals surface area (Å²) in [5.74, 6) is 0. The maximum absolute atomic E-state index is 4.59. The second kappa shape index (κ2) is 12.2. The summed E-state index contributed by atoms with van der Waals surface area (Å²) in [6, 6.07) is 42.6. The van der Waals surface area contributed by atoms with Gasteiger partial charge in [-0.3, -0.25) is 0 Å². The van der Waals surface area contributed by atoms with Gasteiger partial charge in [0, 0.05) is 0 Å². The van der Waals surface area contributed by atoms with Crippen molar-refractivity contribution in [1.82, 2.24) is 0 Å². The average molecular weight is 561 g/mol. The van der Waals surface area contributed by atoms with Crippen molar-refractivity contribution in [3.05, 3.63) is 121 Å². The van der Waals surface area contributed by atoms with Crippen molar-refractivity contribution in [2.75, 3.05) is 18.0 Å². The fourth-order valence-corrected chi connectivity index (χ4v) is 12.9. The number of nitrogens with zero attached hydrogens (tertiary/aromatic N) is 1. The van der Waals surface area contributed by atoms with Crippen LogP contribution < -0.4 is 20.8 Å². The fraction of sp³-hybridized carbons (Fsp3) is 0.273. The summed E-state index contributed by atoms with van der Waals surface area (Å²) in [5, 5.41) is 1.10. The molecule has 36 heavy (non-hydrogen) atoms. The predicted octanol–water partition coefficient (Wildman–Crippen LogP) is 8.43. The monoisotopic (exact) mass is 559 g/mol. The van der Waals surface area contributed by atoms with E-state index >= 15 is 0 Å². The molecule has 0 bridgehead atoms. The topological polar surface area (TPSA) is 3.24 Å². The van der Waals surface area contributed by atoms with Crippen LogP contribution in [0.5, 0.6) is 0 Å². The molecule has 0 radical (unpaired) electrons. The molecule has 4 aromatic rings. The third-order valence-electron chi connectivity index (χ3n) is 7.23. The molecule has 1 nitrogen and oxygen atoms in total. The first kappa shape index (κ1) is 26.6. The molecule has 4 rings (SSSR count). The van der Waals surface area contributed by atoms with Gasteiger partial charge in [-0.05, 0) is 0 Å². The van der Waals surface area contributed by atoms with Crippen molar-refractivity contribution in [2.24, 2.45) is 0 Å². The van der Waals surface area contributed by atoms with E-state index in [-0.39, 0.29) is 0 Å². The van der Waals surface area contributed by atoms with E-state index in [0.29, 0.717) is 0 Å². The Balaban J connectivity index is 1.82. The van der Waals surface area contributed by atoms with Crippen molar-refractivity contribution in [1.29, 1.82) is 0 Å². The quantitative estimate of drug-likeness (QED) is 0.157. The minimum atomic E-state index is -2.97. The molecule has 0 saturated heterocycles. The van der Waals surface area contributed by atoms with Crippen LogP contribution in [0, 0.1) is 0 Å². The van der Waals surface area contributed by atoms with Gasteiger partial charge >= 0.3 is 227 Å². The zero-order chi connectivity index (χ0) is 25.3. The van der Waals surface area contributed by atoms with Crippen LogP contribution in [0.1, 0.15) is 45.1 Å². The van der Waals surface area contributed by atoms with Crippen LogP contribution in [-0.4, -0.2) is 13.1 Å². The third kappa shape index (κ3) is 5.46. The van der Waals surface area contributed by atoms with Gasteiger partial charge in [-0.1, -0.05) is 0 Å². The van der Waals surface area contributed by atoms with Crippen LogP contribution in [0.4, 0.5) is 5.69 Å².